The minimum atomic E-state index is -3.44. The van der Waals surface area contributed by atoms with Gasteiger partial charge in [0.05, 0.1) is 6.20 Å². The lowest BCUT2D eigenvalue weighted by molar-refractivity contribution is 0.0647. The number of aromatic nitrogens is 2. The van der Waals surface area contributed by atoms with E-state index >= 15 is 0 Å². The molecule has 1 fully saturated rings. The standard InChI is InChI=1S/C12H21N3O3S/c1-3-12(10-16)4-6-15(7-5-12)19(17,18)11-8-13-14(2)9-11/h8-9,16H,3-7,10H2,1-2H3. The van der Waals surface area contributed by atoms with Crippen LogP contribution >= 0.6 is 0 Å². The van der Waals surface area contributed by atoms with Gasteiger partial charge in [-0.2, -0.15) is 9.40 Å². The van der Waals surface area contributed by atoms with Crippen LogP contribution in [-0.4, -0.2) is 47.3 Å². The number of piperidine rings is 1. The van der Waals surface area contributed by atoms with Crippen LogP contribution in [0, 0.1) is 5.41 Å². The molecule has 0 spiro atoms. The summed E-state index contributed by atoms with van der Waals surface area (Å²) in [5.74, 6) is 0. The zero-order valence-electron chi connectivity index (χ0n) is 11.4. The molecule has 0 bridgehead atoms. The molecule has 0 unspecified atom stereocenters. The SMILES string of the molecule is CCC1(CO)CCN(S(=O)(=O)c2cnn(C)c2)CC1. The Morgan fingerprint density at radius 1 is 1.42 bits per heavy atom. The Bertz CT molecular complexity index is 524. The first-order valence-corrected chi connectivity index (χ1v) is 7.97. The average Bonchev–Trinajstić information content (AvgIpc) is 2.86. The number of sulfonamides is 1. The van der Waals surface area contributed by atoms with Gasteiger partial charge in [0, 0.05) is 32.9 Å². The van der Waals surface area contributed by atoms with E-state index in [1.807, 2.05) is 6.92 Å². The van der Waals surface area contributed by atoms with Gasteiger partial charge in [0.2, 0.25) is 10.0 Å². The van der Waals surface area contributed by atoms with Gasteiger partial charge in [0.25, 0.3) is 0 Å². The van der Waals surface area contributed by atoms with Crippen molar-refractivity contribution in [2.75, 3.05) is 19.7 Å². The second kappa shape index (κ2) is 5.22. The van der Waals surface area contributed by atoms with E-state index in [-0.39, 0.29) is 16.9 Å². The van der Waals surface area contributed by atoms with Crippen LogP contribution in [0.3, 0.4) is 0 Å². The molecule has 1 aromatic heterocycles. The number of rotatable bonds is 4. The van der Waals surface area contributed by atoms with Gasteiger partial charge in [-0.05, 0) is 24.7 Å². The Hall–Kier alpha value is -0.920. The zero-order valence-corrected chi connectivity index (χ0v) is 12.2. The van der Waals surface area contributed by atoms with Crippen molar-refractivity contribution >= 4 is 10.0 Å². The van der Waals surface area contributed by atoms with Crippen molar-refractivity contribution in [2.45, 2.75) is 31.1 Å². The fraction of sp³-hybridized carbons (Fsp3) is 0.750. The lowest BCUT2D eigenvalue weighted by Crippen LogP contribution is -2.44. The number of aliphatic hydroxyl groups excluding tert-OH is 1. The van der Waals surface area contributed by atoms with Gasteiger partial charge in [0.1, 0.15) is 4.90 Å². The molecule has 1 aliphatic rings. The second-order valence-electron chi connectivity index (χ2n) is 5.27. The Morgan fingerprint density at radius 3 is 2.47 bits per heavy atom. The topological polar surface area (TPSA) is 75.4 Å². The summed E-state index contributed by atoms with van der Waals surface area (Å²) < 4.78 is 27.8. The van der Waals surface area contributed by atoms with Gasteiger partial charge in [0.15, 0.2) is 0 Å². The normalized spacial score (nSPS) is 20.6. The van der Waals surface area contributed by atoms with E-state index in [0.717, 1.165) is 6.42 Å². The third kappa shape index (κ3) is 2.68. The Kier molecular flexibility index (Phi) is 3.98. The summed E-state index contributed by atoms with van der Waals surface area (Å²) in [4.78, 5) is 0.239. The van der Waals surface area contributed by atoms with E-state index < -0.39 is 10.0 Å². The molecule has 0 aliphatic carbocycles. The number of nitrogens with zero attached hydrogens (tertiary/aromatic N) is 3. The highest BCUT2D eigenvalue weighted by Gasteiger charge is 2.37. The Morgan fingerprint density at radius 2 is 2.05 bits per heavy atom. The molecule has 1 saturated heterocycles. The predicted molar refractivity (Wildman–Crippen MR) is 71.0 cm³/mol. The van der Waals surface area contributed by atoms with Crippen molar-refractivity contribution in [3.63, 3.8) is 0 Å². The molecule has 0 radical (unpaired) electrons. The van der Waals surface area contributed by atoms with E-state index in [9.17, 15) is 13.5 Å². The van der Waals surface area contributed by atoms with Crippen molar-refractivity contribution in [3.05, 3.63) is 12.4 Å². The first kappa shape index (κ1) is 14.5. The highest BCUT2D eigenvalue weighted by atomic mass is 32.2. The fourth-order valence-corrected chi connectivity index (χ4v) is 3.93. The van der Waals surface area contributed by atoms with E-state index in [1.165, 1.54) is 21.4 Å². The molecule has 1 N–H and O–H groups in total. The van der Waals surface area contributed by atoms with Gasteiger partial charge < -0.3 is 5.11 Å². The van der Waals surface area contributed by atoms with Gasteiger partial charge in [-0.25, -0.2) is 8.42 Å². The summed E-state index contributed by atoms with van der Waals surface area (Å²) in [6.07, 6.45) is 5.19. The summed E-state index contributed by atoms with van der Waals surface area (Å²) >= 11 is 0. The molecule has 6 nitrogen and oxygen atoms in total. The van der Waals surface area contributed by atoms with Crippen LogP contribution in [0.5, 0.6) is 0 Å². The first-order chi connectivity index (χ1) is 8.93. The Balaban J connectivity index is 2.13. The Labute approximate surface area is 114 Å². The maximum absolute atomic E-state index is 12.4. The monoisotopic (exact) mass is 287 g/mol. The third-order valence-electron chi connectivity index (χ3n) is 4.19. The molecule has 0 amide bonds. The van der Waals surface area contributed by atoms with Crippen LogP contribution in [-0.2, 0) is 17.1 Å². The van der Waals surface area contributed by atoms with Gasteiger partial charge in [-0.1, -0.05) is 6.92 Å². The molecule has 0 aromatic carbocycles. The van der Waals surface area contributed by atoms with Crippen LogP contribution < -0.4 is 0 Å². The number of aliphatic hydroxyl groups is 1. The highest BCUT2D eigenvalue weighted by Crippen LogP contribution is 2.35. The second-order valence-corrected chi connectivity index (χ2v) is 7.20. The van der Waals surface area contributed by atoms with Crippen LogP contribution in [0.15, 0.2) is 17.3 Å². The highest BCUT2D eigenvalue weighted by molar-refractivity contribution is 7.89. The molecule has 0 atom stereocenters. The quantitative estimate of drug-likeness (QED) is 0.879. The van der Waals surface area contributed by atoms with E-state index in [4.69, 9.17) is 0 Å². The summed E-state index contributed by atoms with van der Waals surface area (Å²) in [7, 11) is -1.74. The van der Waals surface area contributed by atoms with E-state index in [0.29, 0.717) is 25.9 Å². The smallest absolute Gasteiger partial charge is 0.246 e. The lowest BCUT2D eigenvalue weighted by atomic mass is 9.77. The van der Waals surface area contributed by atoms with Crippen molar-refractivity contribution in [1.29, 1.82) is 0 Å². The number of aryl methyl sites for hydroxylation is 1. The van der Waals surface area contributed by atoms with Crippen molar-refractivity contribution in [1.82, 2.24) is 14.1 Å². The average molecular weight is 287 g/mol. The van der Waals surface area contributed by atoms with Crippen LogP contribution in [0.25, 0.3) is 0 Å². The molecular formula is C12H21N3O3S. The predicted octanol–water partition coefficient (Wildman–Crippen LogP) is 0.593. The van der Waals surface area contributed by atoms with Gasteiger partial charge in [-0.15, -0.1) is 0 Å². The first-order valence-electron chi connectivity index (χ1n) is 6.53. The molecule has 1 aliphatic heterocycles. The molecule has 19 heavy (non-hydrogen) atoms. The van der Waals surface area contributed by atoms with Crippen molar-refractivity contribution in [2.24, 2.45) is 12.5 Å². The van der Waals surface area contributed by atoms with Gasteiger partial charge in [-0.3, -0.25) is 4.68 Å². The largest absolute Gasteiger partial charge is 0.396 e. The minimum absolute atomic E-state index is 0.110. The number of hydrogen-bond donors (Lipinski definition) is 1. The maximum atomic E-state index is 12.4. The van der Waals surface area contributed by atoms with Crippen molar-refractivity contribution in [3.8, 4) is 0 Å². The van der Waals surface area contributed by atoms with Crippen LogP contribution in [0.2, 0.25) is 0 Å². The summed E-state index contributed by atoms with van der Waals surface area (Å²) in [5, 5.41) is 13.4. The maximum Gasteiger partial charge on any atom is 0.246 e. The molecule has 1 aromatic rings. The molecule has 7 heteroatoms. The van der Waals surface area contributed by atoms with Crippen LogP contribution in [0.1, 0.15) is 26.2 Å². The summed E-state index contributed by atoms with van der Waals surface area (Å²) in [6, 6.07) is 0. The van der Waals surface area contributed by atoms with Gasteiger partial charge >= 0.3 is 0 Å². The fourth-order valence-electron chi connectivity index (χ4n) is 2.51. The molecule has 2 rings (SSSR count). The van der Waals surface area contributed by atoms with E-state index in [1.54, 1.807) is 7.05 Å². The number of hydrogen-bond acceptors (Lipinski definition) is 4. The molecule has 0 saturated carbocycles. The third-order valence-corrected chi connectivity index (χ3v) is 6.04. The molecule has 108 valence electrons. The van der Waals surface area contributed by atoms with E-state index in [2.05, 4.69) is 5.10 Å². The summed E-state index contributed by atoms with van der Waals surface area (Å²) in [6.45, 7) is 3.10. The summed E-state index contributed by atoms with van der Waals surface area (Å²) in [5.41, 5.74) is -0.110. The van der Waals surface area contributed by atoms with Crippen molar-refractivity contribution < 1.29 is 13.5 Å². The molecule has 2 heterocycles. The van der Waals surface area contributed by atoms with Crippen LogP contribution in [0.4, 0.5) is 0 Å². The zero-order chi connectivity index (χ0) is 14.1. The lowest BCUT2D eigenvalue weighted by Gasteiger charge is -2.39. The minimum Gasteiger partial charge on any atom is -0.396 e. The molecular weight excluding hydrogens is 266 g/mol.